The number of aliphatic hydroxyl groups is 2. The van der Waals surface area contributed by atoms with Crippen LogP contribution in [0.25, 0.3) is 0 Å². The quantitative estimate of drug-likeness (QED) is 0.0320. The highest BCUT2D eigenvalue weighted by Gasteiger charge is 2.18. The maximum absolute atomic E-state index is 12.5. The zero-order valence-corrected chi connectivity index (χ0v) is 57.1. The highest BCUT2D eigenvalue weighted by Crippen LogP contribution is 2.19. The number of hydrogen-bond donors (Lipinski definition) is 3. The number of rotatable bonds is 71. The lowest BCUT2D eigenvalue weighted by atomic mass is 10.0. The minimum Gasteiger partial charge on any atom is -0.466 e. The Balaban J connectivity index is 3.41. The molecule has 3 N–H and O–H groups in total. The number of allylic oxidation sites excluding steroid dienone is 9. The van der Waals surface area contributed by atoms with Crippen molar-refractivity contribution in [1.82, 2.24) is 5.32 Å². The van der Waals surface area contributed by atoms with E-state index >= 15 is 0 Å². The van der Waals surface area contributed by atoms with Crippen molar-refractivity contribution in [3.63, 3.8) is 0 Å². The largest absolute Gasteiger partial charge is 0.466 e. The summed E-state index contributed by atoms with van der Waals surface area (Å²) < 4.78 is 5.47. The van der Waals surface area contributed by atoms with Gasteiger partial charge in [0, 0.05) is 12.8 Å². The molecule has 6 nitrogen and oxygen atoms in total. The van der Waals surface area contributed by atoms with E-state index in [0.29, 0.717) is 19.4 Å². The maximum atomic E-state index is 12.5. The van der Waals surface area contributed by atoms with E-state index < -0.39 is 12.1 Å². The van der Waals surface area contributed by atoms with Gasteiger partial charge >= 0.3 is 5.97 Å². The van der Waals surface area contributed by atoms with Gasteiger partial charge in [-0.1, -0.05) is 364 Å². The first-order valence-electron chi connectivity index (χ1n) is 38.1. The number of carbonyl (C=O) groups is 2. The first kappa shape index (κ1) is 82.6. The number of esters is 1. The smallest absolute Gasteiger partial charge is 0.305 e. The average Bonchev–Trinajstić information content (AvgIpc) is 3.51. The van der Waals surface area contributed by atoms with E-state index in [1.165, 1.54) is 321 Å². The Hall–Kier alpha value is -2.44. The van der Waals surface area contributed by atoms with Crippen LogP contribution in [-0.4, -0.2) is 47.4 Å². The van der Waals surface area contributed by atoms with E-state index in [9.17, 15) is 19.8 Å². The molecular weight excluding hydrogens is 1040 g/mol. The average molecular weight is 1190 g/mol. The molecular formula is C79H147NO5. The van der Waals surface area contributed by atoms with E-state index in [0.717, 1.165) is 57.8 Å². The molecule has 0 bridgehead atoms. The van der Waals surface area contributed by atoms with Crippen LogP contribution >= 0.6 is 0 Å². The molecule has 0 aliphatic carbocycles. The Labute approximate surface area is 530 Å². The van der Waals surface area contributed by atoms with Gasteiger partial charge in [-0.2, -0.15) is 0 Å². The lowest BCUT2D eigenvalue weighted by molar-refractivity contribution is -0.143. The maximum Gasteiger partial charge on any atom is 0.305 e. The topological polar surface area (TPSA) is 95.9 Å². The summed E-state index contributed by atoms with van der Waals surface area (Å²) >= 11 is 0. The minimum atomic E-state index is -0.845. The SMILES string of the molecule is CCC/C=C\C/C=C\CCCCCCCC(=O)OCCCCCCCCCCC/C=C\C/C=C\CCCCCCCCCCCCCCCCCCCC(=O)NC(CO)C(O)/C=C/CCCCCCCCCCCCCCCCCCCCCC. The summed E-state index contributed by atoms with van der Waals surface area (Å²) in [5, 5.41) is 23.3. The zero-order valence-electron chi connectivity index (χ0n) is 57.1. The predicted octanol–water partition coefficient (Wildman–Crippen LogP) is 25.0. The van der Waals surface area contributed by atoms with E-state index in [2.05, 4.69) is 67.8 Å². The van der Waals surface area contributed by atoms with Crippen LogP contribution in [0.4, 0.5) is 0 Å². The van der Waals surface area contributed by atoms with E-state index in [4.69, 9.17) is 4.74 Å². The molecule has 0 saturated heterocycles. The highest BCUT2D eigenvalue weighted by atomic mass is 16.5. The van der Waals surface area contributed by atoms with Crippen molar-refractivity contribution in [2.75, 3.05) is 13.2 Å². The molecule has 2 atom stereocenters. The van der Waals surface area contributed by atoms with Crippen LogP contribution < -0.4 is 5.32 Å². The van der Waals surface area contributed by atoms with Crippen molar-refractivity contribution in [3.05, 3.63) is 60.8 Å². The molecule has 2 unspecified atom stereocenters. The predicted molar refractivity (Wildman–Crippen MR) is 375 cm³/mol. The van der Waals surface area contributed by atoms with E-state index in [-0.39, 0.29) is 18.5 Å². The third-order valence-corrected chi connectivity index (χ3v) is 17.5. The van der Waals surface area contributed by atoms with E-state index in [1.807, 2.05) is 6.08 Å². The fourth-order valence-corrected chi connectivity index (χ4v) is 11.7. The molecule has 0 fully saturated rings. The van der Waals surface area contributed by atoms with Crippen molar-refractivity contribution in [2.24, 2.45) is 0 Å². The van der Waals surface area contributed by atoms with Crippen molar-refractivity contribution < 1.29 is 24.5 Å². The molecule has 0 radical (unpaired) electrons. The summed E-state index contributed by atoms with van der Waals surface area (Å²) in [6.07, 6.45) is 99.0. The van der Waals surface area contributed by atoms with Crippen LogP contribution in [0.15, 0.2) is 60.8 Å². The van der Waals surface area contributed by atoms with Gasteiger partial charge in [0.2, 0.25) is 5.91 Å². The second-order valence-electron chi connectivity index (χ2n) is 26.0. The van der Waals surface area contributed by atoms with Gasteiger partial charge in [-0.15, -0.1) is 0 Å². The molecule has 0 aromatic rings. The summed E-state index contributed by atoms with van der Waals surface area (Å²) in [7, 11) is 0. The molecule has 0 aliphatic rings. The summed E-state index contributed by atoms with van der Waals surface area (Å²) in [4.78, 5) is 24.6. The normalized spacial score (nSPS) is 12.8. The lowest BCUT2D eigenvalue weighted by Gasteiger charge is -2.20. The van der Waals surface area contributed by atoms with Crippen LogP contribution in [0, 0.1) is 0 Å². The molecule has 85 heavy (non-hydrogen) atoms. The Morgan fingerprint density at radius 2 is 0.612 bits per heavy atom. The van der Waals surface area contributed by atoms with Crippen LogP contribution in [0.3, 0.4) is 0 Å². The van der Waals surface area contributed by atoms with Crippen molar-refractivity contribution in [3.8, 4) is 0 Å². The van der Waals surface area contributed by atoms with Crippen LogP contribution in [-0.2, 0) is 14.3 Å². The second-order valence-corrected chi connectivity index (χ2v) is 26.0. The number of hydrogen-bond acceptors (Lipinski definition) is 5. The Bertz CT molecular complexity index is 1470. The fraction of sp³-hybridized carbons (Fsp3) is 0.848. The van der Waals surface area contributed by atoms with Crippen LogP contribution in [0.2, 0.25) is 0 Å². The lowest BCUT2D eigenvalue weighted by Crippen LogP contribution is -2.45. The van der Waals surface area contributed by atoms with Crippen molar-refractivity contribution in [1.29, 1.82) is 0 Å². The molecule has 0 heterocycles. The zero-order chi connectivity index (χ0) is 61.3. The number of ether oxygens (including phenoxy) is 1. The molecule has 0 aliphatic heterocycles. The van der Waals surface area contributed by atoms with Gasteiger partial charge in [-0.05, 0) is 89.9 Å². The Kier molecular flexibility index (Phi) is 71.9. The van der Waals surface area contributed by atoms with Gasteiger partial charge in [0.25, 0.3) is 0 Å². The molecule has 0 spiro atoms. The van der Waals surface area contributed by atoms with Crippen LogP contribution in [0.1, 0.15) is 406 Å². The number of carbonyl (C=O) groups excluding carboxylic acids is 2. The molecule has 0 saturated carbocycles. The monoisotopic (exact) mass is 1190 g/mol. The van der Waals surface area contributed by atoms with Crippen molar-refractivity contribution >= 4 is 11.9 Å². The summed E-state index contributed by atoms with van der Waals surface area (Å²) in [6, 6.07) is -0.629. The highest BCUT2D eigenvalue weighted by molar-refractivity contribution is 5.76. The van der Waals surface area contributed by atoms with Gasteiger partial charge in [-0.25, -0.2) is 0 Å². The standard InChI is InChI=1S/C79H147NO5/c1-3-5-7-9-11-13-15-17-18-19-20-21-35-38-41-44-48-51-55-59-63-67-71-77(82)76(75-81)80-78(83)72-68-64-60-56-52-49-45-42-39-36-33-31-29-27-25-23-22-24-26-28-30-32-34-37-40-43-46-50-54-58-62-66-70-74-85-79(84)73-69-65-61-57-53-47-16-14-12-10-8-6-4-2/h8,10,14,16,26,28,32,34,67,71,76-77,81-82H,3-7,9,11-13,15,17-25,27,29-31,33,35-66,68-70,72-75H2,1-2H3,(H,80,83)/b10-8-,16-14-,28-26-,34-32-,71-67+. The van der Waals surface area contributed by atoms with Crippen LogP contribution in [0.5, 0.6) is 0 Å². The first-order valence-corrected chi connectivity index (χ1v) is 38.1. The Morgan fingerprint density at radius 1 is 0.329 bits per heavy atom. The van der Waals surface area contributed by atoms with Gasteiger partial charge in [0.15, 0.2) is 0 Å². The molecule has 0 aromatic carbocycles. The van der Waals surface area contributed by atoms with Crippen molar-refractivity contribution in [2.45, 2.75) is 418 Å². The molecule has 6 heteroatoms. The van der Waals surface area contributed by atoms with Gasteiger partial charge < -0.3 is 20.3 Å². The van der Waals surface area contributed by atoms with Gasteiger partial charge in [0.1, 0.15) is 0 Å². The second kappa shape index (κ2) is 74.0. The summed E-state index contributed by atoms with van der Waals surface area (Å²) in [5.41, 5.74) is 0. The van der Waals surface area contributed by atoms with E-state index in [1.54, 1.807) is 6.08 Å². The third-order valence-electron chi connectivity index (χ3n) is 17.5. The molecule has 1 amide bonds. The van der Waals surface area contributed by atoms with Gasteiger partial charge in [0.05, 0.1) is 25.4 Å². The molecule has 498 valence electrons. The Morgan fingerprint density at radius 3 is 0.941 bits per heavy atom. The number of nitrogens with one attached hydrogen (secondary N) is 1. The summed E-state index contributed by atoms with van der Waals surface area (Å²) in [5.74, 6) is -0.0640. The third kappa shape index (κ3) is 70.5. The van der Waals surface area contributed by atoms with Gasteiger partial charge in [-0.3, -0.25) is 9.59 Å². The number of unbranched alkanes of at least 4 members (excludes halogenated alkanes) is 52. The first-order chi connectivity index (χ1) is 42.0. The number of amides is 1. The molecule has 0 rings (SSSR count). The minimum absolute atomic E-state index is 0.00150. The fourth-order valence-electron chi connectivity index (χ4n) is 11.7. The summed E-state index contributed by atoms with van der Waals surface area (Å²) in [6.45, 7) is 4.86. The molecule has 0 aromatic heterocycles. The number of aliphatic hydroxyl groups excluding tert-OH is 2.